The zero-order valence-electron chi connectivity index (χ0n) is 8.20. The first-order valence-corrected chi connectivity index (χ1v) is 5.20. The Morgan fingerprint density at radius 2 is 1.81 bits per heavy atom. The van der Waals surface area contributed by atoms with E-state index in [-0.39, 0.29) is 10.8 Å². The SMILES string of the molecule is O=c1[nH]c(Cl)nc2cc3ccccc3cc12. The largest absolute Gasteiger partial charge is 0.297 e. The van der Waals surface area contributed by atoms with Gasteiger partial charge in [-0.05, 0) is 34.5 Å². The van der Waals surface area contributed by atoms with E-state index < -0.39 is 0 Å². The van der Waals surface area contributed by atoms with Gasteiger partial charge in [0.1, 0.15) is 0 Å². The number of aromatic nitrogens is 2. The van der Waals surface area contributed by atoms with E-state index in [1.807, 2.05) is 36.4 Å². The lowest BCUT2D eigenvalue weighted by Crippen LogP contribution is -2.07. The predicted molar refractivity (Wildman–Crippen MR) is 64.9 cm³/mol. The number of halogens is 1. The Balaban J connectivity index is 2.56. The summed E-state index contributed by atoms with van der Waals surface area (Å²) in [6, 6.07) is 11.5. The first-order valence-electron chi connectivity index (χ1n) is 4.82. The van der Waals surface area contributed by atoms with E-state index in [0.29, 0.717) is 10.9 Å². The van der Waals surface area contributed by atoms with Gasteiger partial charge in [-0.15, -0.1) is 0 Å². The van der Waals surface area contributed by atoms with Gasteiger partial charge in [0.25, 0.3) is 5.56 Å². The fraction of sp³-hybridized carbons (Fsp3) is 0. The van der Waals surface area contributed by atoms with E-state index in [0.717, 1.165) is 10.8 Å². The van der Waals surface area contributed by atoms with E-state index >= 15 is 0 Å². The lowest BCUT2D eigenvalue weighted by molar-refractivity contribution is 1.17. The second-order valence-electron chi connectivity index (χ2n) is 3.57. The molecule has 4 heteroatoms. The van der Waals surface area contributed by atoms with E-state index in [1.54, 1.807) is 0 Å². The molecule has 0 atom stereocenters. The molecule has 3 nitrogen and oxygen atoms in total. The van der Waals surface area contributed by atoms with Crippen molar-refractivity contribution in [3.63, 3.8) is 0 Å². The fourth-order valence-electron chi connectivity index (χ4n) is 1.80. The number of nitrogens with one attached hydrogen (secondary N) is 1. The Morgan fingerprint density at radius 3 is 2.56 bits per heavy atom. The van der Waals surface area contributed by atoms with Crippen LogP contribution in [-0.4, -0.2) is 9.97 Å². The first-order chi connectivity index (χ1) is 7.74. The summed E-state index contributed by atoms with van der Waals surface area (Å²) in [6.07, 6.45) is 0. The van der Waals surface area contributed by atoms with Crippen molar-refractivity contribution in [1.29, 1.82) is 0 Å². The van der Waals surface area contributed by atoms with Crippen molar-refractivity contribution in [2.75, 3.05) is 0 Å². The predicted octanol–water partition coefficient (Wildman–Crippen LogP) is 2.73. The molecule has 0 aliphatic heterocycles. The molecule has 0 radical (unpaired) electrons. The van der Waals surface area contributed by atoms with Gasteiger partial charge in [-0.3, -0.25) is 9.78 Å². The molecule has 16 heavy (non-hydrogen) atoms. The van der Waals surface area contributed by atoms with Crippen molar-refractivity contribution in [3.8, 4) is 0 Å². The Morgan fingerprint density at radius 1 is 1.12 bits per heavy atom. The summed E-state index contributed by atoms with van der Waals surface area (Å²) < 4.78 is 0. The summed E-state index contributed by atoms with van der Waals surface area (Å²) in [4.78, 5) is 18.2. The van der Waals surface area contributed by atoms with Gasteiger partial charge in [0.2, 0.25) is 5.28 Å². The van der Waals surface area contributed by atoms with Gasteiger partial charge in [-0.25, -0.2) is 4.98 Å². The number of fused-ring (bicyclic) bond motifs is 2. The molecule has 1 heterocycles. The minimum Gasteiger partial charge on any atom is -0.297 e. The molecule has 0 saturated carbocycles. The molecular weight excluding hydrogens is 224 g/mol. The van der Waals surface area contributed by atoms with Crippen LogP contribution in [0.1, 0.15) is 0 Å². The van der Waals surface area contributed by atoms with Crippen molar-refractivity contribution in [3.05, 3.63) is 52.0 Å². The lowest BCUT2D eigenvalue weighted by atomic mass is 10.1. The summed E-state index contributed by atoms with van der Waals surface area (Å²) in [7, 11) is 0. The smallest absolute Gasteiger partial charge is 0.259 e. The first kappa shape index (κ1) is 9.36. The standard InChI is InChI=1S/C12H7ClN2O/c13-12-14-10-6-8-4-2-1-3-7(8)5-9(10)11(16)15-12/h1-6H,(H,14,15,16). The van der Waals surface area contributed by atoms with Crippen LogP contribution in [0.25, 0.3) is 21.7 Å². The zero-order chi connectivity index (χ0) is 11.1. The van der Waals surface area contributed by atoms with Gasteiger partial charge in [-0.1, -0.05) is 24.3 Å². The van der Waals surface area contributed by atoms with Crippen LogP contribution in [0, 0.1) is 0 Å². The van der Waals surface area contributed by atoms with Crippen molar-refractivity contribution >= 4 is 33.3 Å². The topological polar surface area (TPSA) is 45.8 Å². The van der Waals surface area contributed by atoms with Crippen LogP contribution in [-0.2, 0) is 0 Å². The number of benzene rings is 2. The van der Waals surface area contributed by atoms with Crippen LogP contribution in [0.4, 0.5) is 0 Å². The molecule has 0 amide bonds. The maximum absolute atomic E-state index is 11.7. The molecule has 78 valence electrons. The third-order valence-electron chi connectivity index (χ3n) is 2.54. The van der Waals surface area contributed by atoms with Crippen LogP contribution in [0.15, 0.2) is 41.2 Å². The third kappa shape index (κ3) is 1.37. The lowest BCUT2D eigenvalue weighted by Gasteiger charge is -2.00. The van der Waals surface area contributed by atoms with Gasteiger partial charge in [-0.2, -0.15) is 0 Å². The molecule has 0 fully saturated rings. The number of aromatic amines is 1. The van der Waals surface area contributed by atoms with Crippen molar-refractivity contribution in [2.45, 2.75) is 0 Å². The number of nitrogens with zero attached hydrogens (tertiary/aromatic N) is 1. The van der Waals surface area contributed by atoms with Crippen LogP contribution >= 0.6 is 11.6 Å². The summed E-state index contributed by atoms with van der Waals surface area (Å²) in [5, 5.41) is 2.74. The van der Waals surface area contributed by atoms with Gasteiger partial charge >= 0.3 is 0 Å². The molecule has 0 bridgehead atoms. The van der Waals surface area contributed by atoms with Crippen molar-refractivity contribution in [2.24, 2.45) is 0 Å². The average Bonchev–Trinajstić information content (AvgIpc) is 2.27. The van der Waals surface area contributed by atoms with E-state index in [9.17, 15) is 4.79 Å². The van der Waals surface area contributed by atoms with Gasteiger partial charge in [0, 0.05) is 0 Å². The third-order valence-corrected chi connectivity index (χ3v) is 2.72. The molecule has 1 aromatic heterocycles. The molecule has 1 N–H and O–H groups in total. The highest BCUT2D eigenvalue weighted by atomic mass is 35.5. The average molecular weight is 231 g/mol. The minimum absolute atomic E-state index is 0.118. The van der Waals surface area contributed by atoms with Crippen LogP contribution in [0.3, 0.4) is 0 Å². The van der Waals surface area contributed by atoms with E-state index in [1.165, 1.54) is 0 Å². The molecule has 3 aromatic rings. The molecule has 0 aliphatic carbocycles. The molecule has 0 saturated heterocycles. The number of hydrogen-bond acceptors (Lipinski definition) is 2. The molecule has 0 unspecified atom stereocenters. The number of rotatable bonds is 0. The van der Waals surface area contributed by atoms with Crippen LogP contribution in [0.2, 0.25) is 5.28 Å². The summed E-state index contributed by atoms with van der Waals surface area (Å²) in [5.74, 6) is 0. The molecule has 0 spiro atoms. The van der Waals surface area contributed by atoms with Crippen molar-refractivity contribution in [1.82, 2.24) is 9.97 Å². The number of hydrogen-bond donors (Lipinski definition) is 1. The zero-order valence-corrected chi connectivity index (χ0v) is 8.95. The molecule has 3 rings (SSSR count). The van der Waals surface area contributed by atoms with E-state index in [2.05, 4.69) is 9.97 Å². The summed E-state index contributed by atoms with van der Waals surface area (Å²) in [5.41, 5.74) is 0.410. The fourth-order valence-corrected chi connectivity index (χ4v) is 1.97. The van der Waals surface area contributed by atoms with Gasteiger partial charge in [0.05, 0.1) is 10.9 Å². The Kier molecular flexibility index (Phi) is 1.94. The number of H-pyrrole nitrogens is 1. The van der Waals surface area contributed by atoms with Gasteiger partial charge < -0.3 is 0 Å². The van der Waals surface area contributed by atoms with Crippen molar-refractivity contribution < 1.29 is 0 Å². The van der Waals surface area contributed by atoms with Crippen LogP contribution in [0.5, 0.6) is 0 Å². The molecule has 0 aliphatic rings. The van der Waals surface area contributed by atoms with Gasteiger partial charge in [0.15, 0.2) is 0 Å². The highest BCUT2D eigenvalue weighted by Crippen LogP contribution is 2.19. The van der Waals surface area contributed by atoms with E-state index in [4.69, 9.17) is 11.6 Å². The minimum atomic E-state index is -0.208. The maximum atomic E-state index is 11.7. The Bertz CT molecular complexity index is 749. The summed E-state index contributed by atoms with van der Waals surface area (Å²) in [6.45, 7) is 0. The molecule has 2 aromatic carbocycles. The summed E-state index contributed by atoms with van der Waals surface area (Å²) >= 11 is 5.71. The highest BCUT2D eigenvalue weighted by Gasteiger charge is 2.03. The van der Waals surface area contributed by atoms with Crippen LogP contribution < -0.4 is 5.56 Å². The monoisotopic (exact) mass is 230 g/mol. The highest BCUT2D eigenvalue weighted by molar-refractivity contribution is 6.28. The maximum Gasteiger partial charge on any atom is 0.259 e. The Hall–Kier alpha value is -1.87. The second-order valence-corrected chi connectivity index (χ2v) is 3.93. The molecular formula is C12H7ClN2O. The Labute approximate surface area is 95.7 Å². The second kappa shape index (κ2) is 3.32. The quantitative estimate of drug-likeness (QED) is 0.477. The normalized spacial score (nSPS) is 11.1.